The predicted octanol–water partition coefficient (Wildman–Crippen LogP) is 0.525. The number of nitrogens with two attached hydrogens (primary N) is 1. The minimum atomic E-state index is -3.76. The van der Waals surface area contributed by atoms with Gasteiger partial charge >= 0.3 is 0 Å². The van der Waals surface area contributed by atoms with Gasteiger partial charge in [0.25, 0.3) is 0 Å². The molecule has 1 aromatic heterocycles. The van der Waals surface area contributed by atoms with E-state index in [0.717, 1.165) is 4.31 Å². The number of rotatable bonds is 5. The summed E-state index contributed by atoms with van der Waals surface area (Å²) in [5.41, 5.74) is 6.01. The molecule has 0 unspecified atom stereocenters. The van der Waals surface area contributed by atoms with Gasteiger partial charge in [0.15, 0.2) is 5.82 Å². The number of hydrogen-bond acceptors (Lipinski definition) is 6. The van der Waals surface area contributed by atoms with Gasteiger partial charge in [-0.15, -0.1) is 0 Å². The van der Waals surface area contributed by atoms with E-state index in [1.54, 1.807) is 13.0 Å². The highest BCUT2D eigenvalue weighted by atomic mass is 32.2. The largest absolute Gasteiger partial charge is 0.495 e. The fourth-order valence-corrected chi connectivity index (χ4v) is 3.12. The van der Waals surface area contributed by atoms with Crippen LogP contribution in [0.5, 0.6) is 5.75 Å². The van der Waals surface area contributed by atoms with Gasteiger partial charge < -0.3 is 10.5 Å². The van der Waals surface area contributed by atoms with Crippen molar-refractivity contribution >= 4 is 15.7 Å². The molecule has 0 radical (unpaired) electrons. The number of aryl methyl sites for hydroxylation is 1. The molecule has 3 N–H and O–H groups in total. The van der Waals surface area contributed by atoms with Crippen LogP contribution in [0.2, 0.25) is 0 Å². The minimum Gasteiger partial charge on any atom is -0.495 e. The molecule has 21 heavy (non-hydrogen) atoms. The summed E-state index contributed by atoms with van der Waals surface area (Å²) < 4.78 is 31.4. The Morgan fingerprint density at radius 1 is 1.43 bits per heavy atom. The van der Waals surface area contributed by atoms with E-state index in [1.807, 2.05) is 0 Å². The maximum atomic E-state index is 12.6. The lowest BCUT2D eigenvalue weighted by Crippen LogP contribution is -2.27. The number of methoxy groups -OCH3 is 1. The van der Waals surface area contributed by atoms with Crippen LogP contribution in [0, 0.1) is 6.92 Å². The number of benzene rings is 1. The second kappa shape index (κ2) is 5.70. The van der Waals surface area contributed by atoms with Gasteiger partial charge in [0.1, 0.15) is 16.5 Å². The molecule has 2 aromatic rings. The number of nitrogens with zero attached hydrogens (tertiary/aromatic N) is 3. The normalized spacial score (nSPS) is 11.8. The molecule has 0 amide bonds. The highest BCUT2D eigenvalue weighted by molar-refractivity contribution is 7.89. The van der Waals surface area contributed by atoms with Crippen molar-refractivity contribution in [2.75, 3.05) is 19.9 Å². The maximum Gasteiger partial charge on any atom is 0.246 e. The third-order valence-electron chi connectivity index (χ3n) is 2.88. The Balaban J connectivity index is 2.35. The zero-order valence-corrected chi connectivity index (χ0v) is 12.8. The smallest absolute Gasteiger partial charge is 0.246 e. The fourth-order valence-electron chi connectivity index (χ4n) is 1.81. The third-order valence-corrected chi connectivity index (χ3v) is 4.71. The number of aromatic nitrogens is 3. The van der Waals surface area contributed by atoms with Crippen LogP contribution in [0.1, 0.15) is 11.6 Å². The highest BCUT2D eigenvalue weighted by Crippen LogP contribution is 2.28. The second-order valence-electron chi connectivity index (χ2n) is 4.51. The molecule has 9 heteroatoms. The van der Waals surface area contributed by atoms with E-state index in [9.17, 15) is 8.42 Å². The molecule has 1 aromatic carbocycles. The van der Waals surface area contributed by atoms with Crippen molar-refractivity contribution in [2.45, 2.75) is 18.4 Å². The summed E-state index contributed by atoms with van der Waals surface area (Å²) in [6.07, 6.45) is 0. The first kappa shape index (κ1) is 15.3. The number of nitrogens with one attached hydrogen (secondary N) is 1. The van der Waals surface area contributed by atoms with E-state index in [1.165, 1.54) is 26.3 Å². The van der Waals surface area contributed by atoms with E-state index in [2.05, 4.69) is 15.2 Å². The van der Waals surface area contributed by atoms with Crippen LogP contribution in [0.4, 0.5) is 5.69 Å². The minimum absolute atomic E-state index is 0.0137. The standard InChI is InChI=1S/C12H17N5O3S/c1-8-14-12(16-15-8)7-17(2)21(18,19)11-6-9(13)4-5-10(11)20-3/h4-6H,7,13H2,1-3H3,(H,14,15,16). The van der Waals surface area contributed by atoms with E-state index in [4.69, 9.17) is 10.5 Å². The van der Waals surface area contributed by atoms with Gasteiger partial charge in [-0.25, -0.2) is 13.4 Å². The first-order valence-corrected chi connectivity index (χ1v) is 7.56. The predicted molar refractivity (Wildman–Crippen MR) is 77.2 cm³/mol. The lowest BCUT2D eigenvalue weighted by Gasteiger charge is -2.17. The van der Waals surface area contributed by atoms with Gasteiger partial charge in [0, 0.05) is 12.7 Å². The second-order valence-corrected chi connectivity index (χ2v) is 6.52. The van der Waals surface area contributed by atoms with Crippen LogP contribution in [-0.2, 0) is 16.6 Å². The van der Waals surface area contributed by atoms with E-state index < -0.39 is 10.0 Å². The van der Waals surface area contributed by atoms with E-state index in [-0.39, 0.29) is 17.2 Å². The number of sulfonamides is 1. The fraction of sp³-hybridized carbons (Fsp3) is 0.333. The monoisotopic (exact) mass is 311 g/mol. The summed E-state index contributed by atoms with van der Waals surface area (Å²) in [5.74, 6) is 1.25. The Morgan fingerprint density at radius 2 is 2.14 bits per heavy atom. The number of ether oxygens (including phenoxy) is 1. The summed E-state index contributed by atoms with van der Waals surface area (Å²) >= 11 is 0. The molecule has 0 spiro atoms. The van der Waals surface area contributed by atoms with Crippen molar-refractivity contribution in [1.82, 2.24) is 19.5 Å². The number of nitrogen functional groups attached to an aromatic ring is 1. The molecule has 1 heterocycles. The van der Waals surface area contributed by atoms with Crippen molar-refractivity contribution < 1.29 is 13.2 Å². The molecule has 8 nitrogen and oxygen atoms in total. The molecular weight excluding hydrogens is 294 g/mol. The first-order chi connectivity index (χ1) is 9.84. The van der Waals surface area contributed by atoms with Crippen molar-refractivity contribution in [1.29, 1.82) is 0 Å². The molecule has 2 rings (SSSR count). The van der Waals surface area contributed by atoms with Crippen molar-refractivity contribution in [3.05, 3.63) is 29.8 Å². The van der Waals surface area contributed by atoms with Gasteiger partial charge in [0.05, 0.1) is 13.7 Å². The summed E-state index contributed by atoms with van der Waals surface area (Å²) in [6, 6.07) is 4.47. The van der Waals surface area contributed by atoms with Gasteiger partial charge in [-0.3, -0.25) is 5.10 Å². The van der Waals surface area contributed by atoms with Crippen LogP contribution in [0.25, 0.3) is 0 Å². The van der Waals surface area contributed by atoms with Crippen LogP contribution < -0.4 is 10.5 Å². The van der Waals surface area contributed by atoms with Crippen molar-refractivity contribution in [3.8, 4) is 5.75 Å². The molecule has 114 valence electrons. The summed E-state index contributed by atoms with van der Waals surface area (Å²) in [7, 11) is -0.905. The van der Waals surface area contributed by atoms with Crippen LogP contribution in [-0.4, -0.2) is 42.1 Å². The van der Waals surface area contributed by atoms with Gasteiger partial charge in [0.2, 0.25) is 10.0 Å². The molecule has 0 aliphatic carbocycles. The van der Waals surface area contributed by atoms with Gasteiger partial charge in [-0.1, -0.05) is 0 Å². The molecule has 0 aliphatic heterocycles. The highest BCUT2D eigenvalue weighted by Gasteiger charge is 2.26. The quantitative estimate of drug-likeness (QED) is 0.778. The Hall–Kier alpha value is -2.13. The van der Waals surface area contributed by atoms with Crippen molar-refractivity contribution in [3.63, 3.8) is 0 Å². The third kappa shape index (κ3) is 3.14. The van der Waals surface area contributed by atoms with Gasteiger partial charge in [-0.05, 0) is 25.1 Å². The molecule has 0 aliphatic rings. The Morgan fingerprint density at radius 3 is 2.71 bits per heavy atom. The molecule has 0 saturated carbocycles. The Bertz CT molecular complexity index is 741. The molecule has 0 bridgehead atoms. The van der Waals surface area contributed by atoms with Crippen LogP contribution in [0.3, 0.4) is 0 Å². The van der Waals surface area contributed by atoms with E-state index in [0.29, 0.717) is 17.3 Å². The number of anilines is 1. The maximum absolute atomic E-state index is 12.6. The zero-order valence-electron chi connectivity index (χ0n) is 12.0. The van der Waals surface area contributed by atoms with E-state index >= 15 is 0 Å². The summed E-state index contributed by atoms with van der Waals surface area (Å²) in [6.45, 7) is 1.79. The van der Waals surface area contributed by atoms with Crippen LogP contribution >= 0.6 is 0 Å². The summed E-state index contributed by atoms with van der Waals surface area (Å²) in [4.78, 5) is 4.10. The topological polar surface area (TPSA) is 114 Å². The molecule has 0 fully saturated rings. The lowest BCUT2D eigenvalue weighted by molar-refractivity contribution is 0.397. The Kier molecular flexibility index (Phi) is 4.14. The zero-order chi connectivity index (χ0) is 15.6. The number of aromatic amines is 1. The first-order valence-electron chi connectivity index (χ1n) is 6.12. The molecule has 0 atom stereocenters. The average molecular weight is 311 g/mol. The Labute approximate surface area is 123 Å². The van der Waals surface area contributed by atoms with Crippen LogP contribution in [0.15, 0.2) is 23.1 Å². The molecule has 0 saturated heterocycles. The SMILES string of the molecule is COc1ccc(N)cc1S(=O)(=O)N(C)Cc1n[nH]c(C)n1. The molecular formula is C12H17N5O3S. The number of H-pyrrole nitrogens is 1. The van der Waals surface area contributed by atoms with Gasteiger partial charge in [-0.2, -0.15) is 9.40 Å². The number of hydrogen-bond donors (Lipinski definition) is 2. The summed E-state index contributed by atoms with van der Waals surface area (Å²) in [5, 5.41) is 6.59. The lowest BCUT2D eigenvalue weighted by atomic mass is 10.3. The average Bonchev–Trinajstić information content (AvgIpc) is 2.84. The van der Waals surface area contributed by atoms with Crippen molar-refractivity contribution in [2.24, 2.45) is 0 Å².